The van der Waals surface area contributed by atoms with Crippen molar-refractivity contribution in [3.05, 3.63) is 70.7 Å². The van der Waals surface area contributed by atoms with E-state index >= 15 is 0 Å². The van der Waals surface area contributed by atoms with Crippen LogP contribution in [-0.4, -0.2) is 53.9 Å². The number of H-pyrrole nitrogens is 2. The van der Waals surface area contributed by atoms with Crippen molar-refractivity contribution in [2.75, 3.05) is 27.9 Å². The maximum atomic E-state index is 13.4. The van der Waals surface area contributed by atoms with Crippen molar-refractivity contribution in [3.63, 3.8) is 0 Å². The lowest BCUT2D eigenvalue weighted by atomic mass is 9.98. The molecule has 0 saturated heterocycles. The Balaban J connectivity index is 1.50. The zero-order chi connectivity index (χ0) is 23.1. The molecule has 0 aliphatic carbocycles. The number of ether oxygens (including phenoxy) is 3. The van der Waals surface area contributed by atoms with Gasteiger partial charge in [0.15, 0.2) is 17.2 Å². The summed E-state index contributed by atoms with van der Waals surface area (Å²) >= 11 is 0. The van der Waals surface area contributed by atoms with E-state index in [0.717, 1.165) is 39.0 Å². The maximum absolute atomic E-state index is 13.4. The zero-order valence-corrected chi connectivity index (χ0v) is 19.1. The van der Waals surface area contributed by atoms with E-state index in [0.29, 0.717) is 30.2 Å². The largest absolute Gasteiger partial charge is 0.497 e. The van der Waals surface area contributed by atoms with Gasteiger partial charge in [-0.1, -0.05) is 6.07 Å². The Morgan fingerprint density at radius 1 is 1.03 bits per heavy atom. The van der Waals surface area contributed by atoms with Crippen molar-refractivity contribution in [1.82, 2.24) is 20.1 Å². The van der Waals surface area contributed by atoms with Crippen LogP contribution >= 0.6 is 0 Å². The number of amides is 1. The summed E-state index contributed by atoms with van der Waals surface area (Å²) in [5.74, 6) is 2.00. The first-order chi connectivity index (χ1) is 16.0. The molecule has 2 aromatic carbocycles. The van der Waals surface area contributed by atoms with Crippen LogP contribution < -0.4 is 14.2 Å². The van der Waals surface area contributed by atoms with Crippen LogP contribution in [0.4, 0.5) is 0 Å². The number of hydrogen-bond acceptors (Lipinski definition) is 5. The van der Waals surface area contributed by atoms with Crippen LogP contribution in [0.3, 0.4) is 0 Å². The number of aryl methyl sites for hydroxylation is 1. The normalized spacial score (nSPS) is 15.2. The number of rotatable bonds is 7. The molecule has 4 aromatic rings. The highest BCUT2D eigenvalue weighted by atomic mass is 16.5. The lowest BCUT2D eigenvalue weighted by Crippen LogP contribution is -2.31. The first kappa shape index (κ1) is 20.9. The van der Waals surface area contributed by atoms with Gasteiger partial charge in [-0.3, -0.25) is 9.89 Å². The summed E-state index contributed by atoms with van der Waals surface area (Å²) in [6.45, 7) is 2.49. The van der Waals surface area contributed by atoms with E-state index in [-0.39, 0.29) is 11.9 Å². The van der Waals surface area contributed by atoms with Gasteiger partial charge >= 0.3 is 0 Å². The monoisotopic (exact) mass is 446 g/mol. The number of carbonyl (C=O) groups is 1. The number of nitrogens with zero attached hydrogens (tertiary/aromatic N) is 2. The van der Waals surface area contributed by atoms with E-state index in [9.17, 15) is 4.79 Å². The Labute approximate surface area is 191 Å². The van der Waals surface area contributed by atoms with E-state index in [1.165, 1.54) is 0 Å². The second kappa shape index (κ2) is 8.20. The van der Waals surface area contributed by atoms with Crippen molar-refractivity contribution in [2.45, 2.75) is 19.4 Å². The van der Waals surface area contributed by atoms with Crippen molar-refractivity contribution < 1.29 is 19.0 Å². The first-order valence-corrected chi connectivity index (χ1v) is 10.8. The molecule has 8 nitrogen and oxygen atoms in total. The van der Waals surface area contributed by atoms with Gasteiger partial charge in [0.05, 0.1) is 27.4 Å². The summed E-state index contributed by atoms with van der Waals surface area (Å²) in [6, 6.07) is 11.5. The van der Waals surface area contributed by atoms with Crippen LogP contribution in [0, 0.1) is 6.92 Å². The molecule has 2 aromatic heterocycles. The molecule has 0 fully saturated rings. The number of aromatic amines is 2. The van der Waals surface area contributed by atoms with E-state index in [2.05, 4.69) is 15.2 Å². The Kier molecular flexibility index (Phi) is 5.20. The number of aromatic nitrogens is 3. The molecule has 3 heterocycles. The van der Waals surface area contributed by atoms with Gasteiger partial charge in [-0.2, -0.15) is 5.10 Å². The Hall–Kier alpha value is -3.94. The summed E-state index contributed by atoms with van der Waals surface area (Å²) < 4.78 is 16.3. The molecule has 5 rings (SSSR count). The molecular formula is C25H26N4O4. The molecule has 0 bridgehead atoms. The molecule has 0 radical (unpaired) electrons. The first-order valence-electron chi connectivity index (χ1n) is 10.8. The second-order valence-electron chi connectivity index (χ2n) is 8.10. The smallest absolute Gasteiger partial charge is 0.275 e. The van der Waals surface area contributed by atoms with Crippen LogP contribution in [0.15, 0.2) is 42.6 Å². The predicted molar refractivity (Wildman–Crippen MR) is 124 cm³/mol. The minimum absolute atomic E-state index is 0.0773. The molecule has 1 atom stereocenters. The highest BCUT2D eigenvalue weighted by molar-refractivity contribution is 5.98. The highest BCUT2D eigenvalue weighted by Gasteiger charge is 2.41. The van der Waals surface area contributed by atoms with Crippen molar-refractivity contribution >= 4 is 16.8 Å². The molecule has 2 N–H and O–H groups in total. The van der Waals surface area contributed by atoms with Gasteiger partial charge in [0.2, 0.25) is 0 Å². The van der Waals surface area contributed by atoms with Gasteiger partial charge in [-0.25, -0.2) is 0 Å². The van der Waals surface area contributed by atoms with Gasteiger partial charge in [0, 0.05) is 34.9 Å². The van der Waals surface area contributed by atoms with Crippen LogP contribution in [0.5, 0.6) is 17.2 Å². The van der Waals surface area contributed by atoms with Crippen molar-refractivity contribution in [1.29, 1.82) is 0 Å². The fourth-order valence-electron chi connectivity index (χ4n) is 4.68. The minimum atomic E-state index is -0.259. The van der Waals surface area contributed by atoms with Crippen LogP contribution in [-0.2, 0) is 6.42 Å². The SMILES string of the molecule is COc1ccc2[nH]cc(CCN3C(=O)c4n[nH]c(C)c4[C@@H]3c3ccc(OC)c(OC)c3)c2c1. The number of benzene rings is 2. The Morgan fingerprint density at radius 3 is 2.61 bits per heavy atom. The van der Waals surface area contributed by atoms with E-state index in [1.54, 1.807) is 21.3 Å². The number of methoxy groups -OCH3 is 3. The molecule has 33 heavy (non-hydrogen) atoms. The molecular weight excluding hydrogens is 420 g/mol. The molecule has 0 unspecified atom stereocenters. The summed E-state index contributed by atoms with van der Waals surface area (Å²) in [6.07, 6.45) is 2.69. The van der Waals surface area contributed by atoms with Gasteiger partial charge < -0.3 is 24.1 Å². The number of carbonyl (C=O) groups excluding carboxylic acids is 1. The van der Waals surface area contributed by atoms with Gasteiger partial charge in [-0.05, 0) is 54.8 Å². The molecule has 1 aliphatic rings. The van der Waals surface area contributed by atoms with Crippen molar-refractivity contribution in [3.8, 4) is 17.2 Å². The van der Waals surface area contributed by atoms with Gasteiger partial charge in [-0.15, -0.1) is 0 Å². The molecule has 0 spiro atoms. The summed E-state index contributed by atoms with van der Waals surface area (Å²) in [5.41, 5.74) is 5.40. The summed E-state index contributed by atoms with van der Waals surface area (Å²) in [5, 5.41) is 8.37. The van der Waals surface area contributed by atoms with Gasteiger partial charge in [0.1, 0.15) is 5.75 Å². The number of hydrogen-bond donors (Lipinski definition) is 2. The zero-order valence-electron chi connectivity index (χ0n) is 19.1. The fraction of sp³-hybridized carbons (Fsp3) is 0.280. The molecule has 170 valence electrons. The predicted octanol–water partition coefficient (Wildman–Crippen LogP) is 4.01. The average molecular weight is 447 g/mol. The quantitative estimate of drug-likeness (QED) is 0.447. The summed E-state index contributed by atoms with van der Waals surface area (Å²) in [7, 11) is 4.88. The number of nitrogens with one attached hydrogen (secondary N) is 2. The second-order valence-corrected chi connectivity index (χ2v) is 8.10. The van der Waals surface area contributed by atoms with Crippen LogP contribution in [0.1, 0.15) is 38.9 Å². The third-order valence-electron chi connectivity index (χ3n) is 6.36. The fourth-order valence-corrected chi connectivity index (χ4v) is 4.68. The Morgan fingerprint density at radius 2 is 1.85 bits per heavy atom. The van der Waals surface area contributed by atoms with E-state index in [1.807, 2.05) is 54.4 Å². The third kappa shape index (κ3) is 3.38. The standard InChI is InChI=1S/C25H26N4O4/c1-14-22-23(28-27-14)25(30)29(24(22)15-5-8-20(32-3)21(11-15)33-4)10-9-16-13-26-19-7-6-17(31-2)12-18(16)19/h5-8,11-13,24,26H,9-10H2,1-4H3,(H,27,28)/t24-/m0/s1. The number of fused-ring (bicyclic) bond motifs is 2. The average Bonchev–Trinajstić information content (AvgIpc) is 3.51. The molecule has 1 amide bonds. The van der Waals surface area contributed by atoms with E-state index < -0.39 is 0 Å². The van der Waals surface area contributed by atoms with Crippen molar-refractivity contribution in [2.24, 2.45) is 0 Å². The van der Waals surface area contributed by atoms with Crippen LogP contribution in [0.25, 0.3) is 10.9 Å². The Bertz CT molecular complexity index is 1340. The van der Waals surface area contributed by atoms with E-state index in [4.69, 9.17) is 14.2 Å². The molecule has 1 aliphatic heterocycles. The molecule has 8 heteroatoms. The lowest BCUT2D eigenvalue weighted by molar-refractivity contribution is 0.0745. The third-order valence-corrected chi connectivity index (χ3v) is 6.36. The van der Waals surface area contributed by atoms with Crippen LogP contribution in [0.2, 0.25) is 0 Å². The highest BCUT2D eigenvalue weighted by Crippen LogP contribution is 2.42. The topological polar surface area (TPSA) is 92.5 Å². The molecule has 0 saturated carbocycles. The lowest BCUT2D eigenvalue weighted by Gasteiger charge is -2.26. The minimum Gasteiger partial charge on any atom is -0.497 e. The summed E-state index contributed by atoms with van der Waals surface area (Å²) in [4.78, 5) is 18.6. The van der Waals surface area contributed by atoms with Gasteiger partial charge in [0.25, 0.3) is 5.91 Å². The maximum Gasteiger partial charge on any atom is 0.275 e.